The molecule has 0 radical (unpaired) electrons. The van der Waals surface area contributed by atoms with Gasteiger partial charge in [0.25, 0.3) is 5.91 Å². The lowest BCUT2D eigenvalue weighted by Crippen LogP contribution is -2.58. The van der Waals surface area contributed by atoms with E-state index in [-0.39, 0.29) is 41.6 Å². The maximum atomic E-state index is 12.4. The Labute approximate surface area is 268 Å². The second kappa shape index (κ2) is 14.8. The van der Waals surface area contributed by atoms with Gasteiger partial charge < -0.3 is 31.3 Å². The van der Waals surface area contributed by atoms with Crippen LogP contribution in [-0.4, -0.2) is 71.2 Å². The maximum absolute atomic E-state index is 12.4. The summed E-state index contributed by atoms with van der Waals surface area (Å²) in [6.45, 7) is 2.89. The SMILES string of the molecule is CN(C)C(=O)N[C@@H]1CCCN(c2cnc(C(N)=O)c(Nc3ccc(C4(C)CCCC(CCC5CCCC5)CC4)cc3)n2)[C@@H]1CO. The molecule has 2 heterocycles. The van der Waals surface area contributed by atoms with E-state index < -0.39 is 5.91 Å². The monoisotopic (exact) mass is 619 g/mol. The minimum Gasteiger partial charge on any atom is -0.394 e. The molecule has 5 N–H and O–H groups in total. The van der Waals surface area contributed by atoms with E-state index in [0.717, 1.165) is 30.4 Å². The fraction of sp³-hybridized carbons (Fsp3) is 0.657. The fourth-order valence-corrected chi connectivity index (χ4v) is 7.82. The Hall–Kier alpha value is -3.40. The van der Waals surface area contributed by atoms with Crippen LogP contribution in [-0.2, 0) is 5.41 Å². The lowest BCUT2D eigenvalue weighted by Gasteiger charge is -2.41. The van der Waals surface area contributed by atoms with Crippen LogP contribution in [0.4, 0.5) is 22.1 Å². The summed E-state index contributed by atoms with van der Waals surface area (Å²) in [5, 5.41) is 16.6. The molecule has 2 aromatic rings. The average Bonchev–Trinajstić information content (AvgIpc) is 3.48. The first kappa shape index (κ1) is 33.0. The van der Waals surface area contributed by atoms with E-state index in [9.17, 15) is 14.7 Å². The van der Waals surface area contributed by atoms with Crippen molar-refractivity contribution < 1.29 is 14.7 Å². The van der Waals surface area contributed by atoms with Gasteiger partial charge in [0.1, 0.15) is 5.82 Å². The number of nitrogens with two attached hydrogens (primary N) is 1. The molecule has 3 aliphatic rings. The molecule has 2 unspecified atom stereocenters. The van der Waals surface area contributed by atoms with Gasteiger partial charge in [-0.3, -0.25) is 4.79 Å². The van der Waals surface area contributed by atoms with Gasteiger partial charge in [0.05, 0.1) is 24.9 Å². The summed E-state index contributed by atoms with van der Waals surface area (Å²) in [5.74, 6) is 1.94. The zero-order valence-electron chi connectivity index (χ0n) is 27.4. The van der Waals surface area contributed by atoms with Crippen LogP contribution in [0.3, 0.4) is 0 Å². The van der Waals surface area contributed by atoms with Crippen molar-refractivity contribution in [1.29, 1.82) is 0 Å². The molecule has 5 rings (SSSR count). The summed E-state index contributed by atoms with van der Waals surface area (Å²) in [6.07, 6.45) is 18.0. The van der Waals surface area contributed by atoms with Crippen molar-refractivity contribution in [3.8, 4) is 0 Å². The largest absolute Gasteiger partial charge is 0.394 e. The number of aromatic nitrogens is 2. The normalized spacial score (nSPS) is 25.9. The van der Waals surface area contributed by atoms with Crippen LogP contribution in [0, 0.1) is 11.8 Å². The number of rotatable bonds is 10. The number of aliphatic hydroxyl groups excluding tert-OH is 1. The predicted octanol–water partition coefficient (Wildman–Crippen LogP) is 5.73. The van der Waals surface area contributed by atoms with Crippen molar-refractivity contribution in [2.45, 2.75) is 108 Å². The van der Waals surface area contributed by atoms with Crippen LogP contribution in [0.2, 0.25) is 0 Å². The quantitative estimate of drug-likeness (QED) is 0.249. The summed E-state index contributed by atoms with van der Waals surface area (Å²) >= 11 is 0. The highest BCUT2D eigenvalue weighted by atomic mass is 16.3. The highest BCUT2D eigenvalue weighted by molar-refractivity contribution is 5.96. The average molecular weight is 620 g/mol. The molecule has 10 heteroatoms. The topological polar surface area (TPSA) is 137 Å². The van der Waals surface area contributed by atoms with Crippen molar-refractivity contribution in [1.82, 2.24) is 20.2 Å². The summed E-state index contributed by atoms with van der Waals surface area (Å²) in [7, 11) is 3.38. The summed E-state index contributed by atoms with van der Waals surface area (Å²) in [4.78, 5) is 37.3. The van der Waals surface area contributed by atoms with Crippen LogP contribution in [0.1, 0.15) is 106 Å². The molecule has 246 valence electrons. The first-order chi connectivity index (χ1) is 21.7. The van der Waals surface area contributed by atoms with E-state index in [1.54, 1.807) is 14.1 Å². The van der Waals surface area contributed by atoms with Crippen molar-refractivity contribution in [2.24, 2.45) is 17.6 Å². The zero-order valence-corrected chi connectivity index (χ0v) is 27.4. The highest BCUT2D eigenvalue weighted by Crippen LogP contribution is 2.42. The molecular formula is C35H53N7O3. The molecule has 0 spiro atoms. The van der Waals surface area contributed by atoms with Gasteiger partial charge >= 0.3 is 6.03 Å². The van der Waals surface area contributed by atoms with Crippen LogP contribution < -0.4 is 21.3 Å². The van der Waals surface area contributed by atoms with Gasteiger partial charge in [-0.05, 0) is 67.1 Å². The zero-order chi connectivity index (χ0) is 32.0. The third kappa shape index (κ3) is 8.07. The third-order valence-corrected chi connectivity index (χ3v) is 10.7. The number of nitrogens with one attached hydrogen (secondary N) is 2. The van der Waals surface area contributed by atoms with Crippen LogP contribution in [0.5, 0.6) is 0 Å². The Kier molecular flexibility index (Phi) is 10.8. The third-order valence-electron chi connectivity index (χ3n) is 10.7. The number of primary amides is 1. The molecule has 10 nitrogen and oxygen atoms in total. The number of urea groups is 1. The van der Waals surface area contributed by atoms with E-state index in [0.29, 0.717) is 12.4 Å². The van der Waals surface area contributed by atoms with Crippen molar-refractivity contribution >= 4 is 29.3 Å². The van der Waals surface area contributed by atoms with E-state index in [2.05, 4.69) is 34.7 Å². The number of nitrogens with zero attached hydrogens (tertiary/aromatic N) is 4. The van der Waals surface area contributed by atoms with Crippen LogP contribution >= 0.6 is 0 Å². The van der Waals surface area contributed by atoms with Crippen molar-refractivity contribution in [3.63, 3.8) is 0 Å². The van der Waals surface area contributed by atoms with E-state index in [1.807, 2.05) is 17.0 Å². The van der Waals surface area contributed by atoms with Crippen LogP contribution in [0.15, 0.2) is 30.5 Å². The number of piperidine rings is 1. The minimum absolute atomic E-state index is 0.0530. The fourth-order valence-electron chi connectivity index (χ4n) is 7.82. The molecule has 3 amide bonds. The number of anilines is 3. The summed E-state index contributed by atoms with van der Waals surface area (Å²) in [6, 6.07) is 7.65. The highest BCUT2D eigenvalue weighted by Gasteiger charge is 2.34. The smallest absolute Gasteiger partial charge is 0.317 e. The van der Waals surface area contributed by atoms with Crippen LogP contribution in [0.25, 0.3) is 0 Å². The Morgan fingerprint density at radius 2 is 1.69 bits per heavy atom. The Morgan fingerprint density at radius 3 is 2.36 bits per heavy atom. The van der Waals surface area contributed by atoms with Gasteiger partial charge in [-0.1, -0.05) is 70.4 Å². The van der Waals surface area contributed by atoms with Gasteiger partial charge in [-0.2, -0.15) is 0 Å². The molecule has 2 aliphatic carbocycles. The Bertz CT molecular complexity index is 1300. The number of aliphatic hydroxyl groups is 1. The van der Waals surface area contributed by atoms with E-state index >= 15 is 0 Å². The van der Waals surface area contributed by atoms with Gasteiger partial charge in [0, 0.05) is 26.3 Å². The maximum Gasteiger partial charge on any atom is 0.317 e. The molecule has 1 aromatic carbocycles. The van der Waals surface area contributed by atoms with E-state index in [1.165, 1.54) is 87.3 Å². The van der Waals surface area contributed by atoms with Crippen molar-refractivity contribution in [2.75, 3.05) is 37.5 Å². The number of carbonyl (C=O) groups excluding carboxylic acids is 2. The van der Waals surface area contributed by atoms with Crippen molar-refractivity contribution in [3.05, 3.63) is 41.7 Å². The summed E-state index contributed by atoms with van der Waals surface area (Å²) in [5.41, 5.74) is 8.05. The predicted molar refractivity (Wildman–Crippen MR) is 179 cm³/mol. The molecule has 4 atom stereocenters. The molecule has 3 fully saturated rings. The number of carbonyl (C=O) groups is 2. The van der Waals surface area contributed by atoms with E-state index in [4.69, 9.17) is 10.7 Å². The van der Waals surface area contributed by atoms with Gasteiger partial charge in [-0.15, -0.1) is 0 Å². The lowest BCUT2D eigenvalue weighted by molar-refractivity contribution is 0.0996. The molecule has 1 saturated heterocycles. The second-order valence-corrected chi connectivity index (χ2v) is 14.1. The summed E-state index contributed by atoms with van der Waals surface area (Å²) < 4.78 is 0. The second-order valence-electron chi connectivity index (χ2n) is 14.1. The van der Waals surface area contributed by atoms with Gasteiger partial charge in [-0.25, -0.2) is 14.8 Å². The number of amides is 3. The number of benzene rings is 1. The Balaban J connectivity index is 1.27. The molecule has 1 aliphatic heterocycles. The van der Waals surface area contributed by atoms with Gasteiger partial charge in [0.2, 0.25) is 0 Å². The number of hydrogen-bond acceptors (Lipinski definition) is 7. The molecule has 2 saturated carbocycles. The molecule has 1 aromatic heterocycles. The first-order valence-corrected chi connectivity index (χ1v) is 17.1. The first-order valence-electron chi connectivity index (χ1n) is 17.1. The molecular weight excluding hydrogens is 566 g/mol. The lowest BCUT2D eigenvalue weighted by atomic mass is 9.76. The van der Waals surface area contributed by atoms with Gasteiger partial charge in [0.15, 0.2) is 11.5 Å². The Morgan fingerprint density at radius 1 is 1.00 bits per heavy atom. The molecule has 45 heavy (non-hydrogen) atoms. The molecule has 0 bridgehead atoms. The minimum atomic E-state index is -0.671. The number of hydrogen-bond donors (Lipinski definition) is 4. The standard InChI is InChI=1S/C35H53N7O3/c1-35(19-6-10-25(18-20-35)13-12-24-8-4-5-9-24)26-14-16-27(17-15-26)38-33-31(32(36)44)37-22-30(40-33)42-21-7-11-28(29(42)23-43)39-34(45)41(2)3/h14-17,22,24-25,28-29,43H,4-13,18-21,23H2,1-3H3,(H2,36,44)(H,38,40)(H,39,45)/t25?,28-,29-,35?/m1/s1.